The van der Waals surface area contributed by atoms with Crippen LogP contribution in [0.15, 0.2) is 18.3 Å². The molecule has 2 N–H and O–H groups in total. The zero-order valence-corrected chi connectivity index (χ0v) is 9.80. The molecule has 94 valence electrons. The van der Waals surface area contributed by atoms with Crippen LogP contribution in [0.3, 0.4) is 0 Å². The average Bonchev–Trinajstić information content (AvgIpc) is 2.34. The van der Waals surface area contributed by atoms with Crippen molar-refractivity contribution in [2.45, 2.75) is 19.8 Å². The molecule has 0 bridgehead atoms. The van der Waals surface area contributed by atoms with Crippen molar-refractivity contribution in [1.82, 2.24) is 4.98 Å². The van der Waals surface area contributed by atoms with Crippen LogP contribution < -0.4 is 5.32 Å². The average molecular weight is 239 g/mol. The molecule has 1 heterocycles. The van der Waals surface area contributed by atoms with Gasteiger partial charge in [0, 0.05) is 25.4 Å². The summed E-state index contributed by atoms with van der Waals surface area (Å²) in [5.74, 6) is 0.844. The topological polar surface area (TPSA) is 88.3 Å². The number of nitro groups is 1. The van der Waals surface area contributed by atoms with E-state index in [1.807, 2.05) is 6.92 Å². The zero-order valence-electron chi connectivity index (χ0n) is 9.80. The third-order valence-electron chi connectivity index (χ3n) is 2.64. The third kappa shape index (κ3) is 4.36. The second kappa shape index (κ2) is 6.80. The summed E-state index contributed by atoms with van der Waals surface area (Å²) >= 11 is 0. The van der Waals surface area contributed by atoms with Crippen molar-refractivity contribution >= 4 is 11.5 Å². The van der Waals surface area contributed by atoms with Gasteiger partial charge in [0.2, 0.25) is 0 Å². The van der Waals surface area contributed by atoms with Gasteiger partial charge in [0.1, 0.15) is 5.82 Å². The van der Waals surface area contributed by atoms with Gasteiger partial charge in [0.25, 0.3) is 5.69 Å². The van der Waals surface area contributed by atoms with Gasteiger partial charge in [-0.2, -0.15) is 0 Å². The number of aliphatic hydroxyl groups excluding tert-OH is 1. The van der Waals surface area contributed by atoms with Crippen LogP contribution in [0.4, 0.5) is 11.5 Å². The van der Waals surface area contributed by atoms with Gasteiger partial charge in [0.15, 0.2) is 0 Å². The van der Waals surface area contributed by atoms with E-state index in [2.05, 4.69) is 10.3 Å². The van der Waals surface area contributed by atoms with Gasteiger partial charge in [-0.3, -0.25) is 10.1 Å². The van der Waals surface area contributed by atoms with E-state index >= 15 is 0 Å². The quantitative estimate of drug-likeness (QED) is 0.559. The van der Waals surface area contributed by atoms with E-state index in [9.17, 15) is 10.1 Å². The SMILES string of the molecule is CCC(CCO)CNc1cc([N+](=O)[O-])ccn1. The van der Waals surface area contributed by atoms with Gasteiger partial charge in [-0.25, -0.2) is 4.98 Å². The molecule has 6 heteroatoms. The number of anilines is 1. The maximum atomic E-state index is 10.6. The first-order valence-corrected chi connectivity index (χ1v) is 5.62. The van der Waals surface area contributed by atoms with E-state index in [-0.39, 0.29) is 12.3 Å². The second-order valence-corrected chi connectivity index (χ2v) is 3.82. The van der Waals surface area contributed by atoms with E-state index in [1.54, 1.807) is 0 Å². The molecule has 0 fully saturated rings. The van der Waals surface area contributed by atoms with Crippen LogP contribution in [0.25, 0.3) is 0 Å². The summed E-state index contributed by atoms with van der Waals surface area (Å²) in [4.78, 5) is 14.1. The van der Waals surface area contributed by atoms with E-state index in [1.165, 1.54) is 18.3 Å². The van der Waals surface area contributed by atoms with Crippen LogP contribution in [0.2, 0.25) is 0 Å². The normalized spacial score (nSPS) is 12.1. The van der Waals surface area contributed by atoms with Crippen molar-refractivity contribution in [2.75, 3.05) is 18.5 Å². The lowest BCUT2D eigenvalue weighted by Crippen LogP contribution is -2.15. The minimum Gasteiger partial charge on any atom is -0.396 e. The highest BCUT2D eigenvalue weighted by Gasteiger charge is 2.09. The lowest BCUT2D eigenvalue weighted by molar-refractivity contribution is -0.384. The summed E-state index contributed by atoms with van der Waals surface area (Å²) in [6.45, 7) is 2.86. The Balaban J connectivity index is 2.56. The fourth-order valence-electron chi connectivity index (χ4n) is 1.51. The fourth-order valence-corrected chi connectivity index (χ4v) is 1.51. The summed E-state index contributed by atoms with van der Waals surface area (Å²) in [7, 11) is 0. The van der Waals surface area contributed by atoms with Crippen molar-refractivity contribution in [3.8, 4) is 0 Å². The Hall–Kier alpha value is -1.69. The Morgan fingerprint density at radius 1 is 1.65 bits per heavy atom. The minimum atomic E-state index is -0.447. The highest BCUT2D eigenvalue weighted by molar-refractivity contribution is 5.44. The van der Waals surface area contributed by atoms with Crippen LogP contribution in [0.1, 0.15) is 19.8 Å². The van der Waals surface area contributed by atoms with Crippen molar-refractivity contribution in [2.24, 2.45) is 5.92 Å². The Morgan fingerprint density at radius 3 is 3.00 bits per heavy atom. The summed E-state index contributed by atoms with van der Waals surface area (Å²) in [5.41, 5.74) is 0.0257. The molecule has 1 atom stereocenters. The number of hydrogen-bond acceptors (Lipinski definition) is 5. The van der Waals surface area contributed by atoms with E-state index < -0.39 is 4.92 Å². The van der Waals surface area contributed by atoms with E-state index in [0.717, 1.165) is 12.8 Å². The number of hydrogen-bond donors (Lipinski definition) is 2. The molecule has 1 aromatic rings. The van der Waals surface area contributed by atoms with Gasteiger partial charge in [-0.05, 0) is 12.3 Å². The molecular weight excluding hydrogens is 222 g/mol. The summed E-state index contributed by atoms with van der Waals surface area (Å²) in [6, 6.07) is 2.77. The molecule has 0 spiro atoms. The molecule has 0 saturated heterocycles. The molecule has 0 radical (unpaired) electrons. The summed E-state index contributed by atoms with van der Waals surface area (Å²) in [6.07, 6.45) is 3.08. The number of aliphatic hydroxyl groups is 1. The van der Waals surface area contributed by atoms with Crippen molar-refractivity contribution in [3.05, 3.63) is 28.4 Å². The Kier molecular flexibility index (Phi) is 5.35. The van der Waals surface area contributed by atoms with Gasteiger partial charge >= 0.3 is 0 Å². The molecule has 1 rings (SSSR count). The molecule has 0 aliphatic heterocycles. The Bertz CT molecular complexity index is 371. The van der Waals surface area contributed by atoms with Crippen LogP contribution in [0.5, 0.6) is 0 Å². The molecular formula is C11H17N3O3. The second-order valence-electron chi connectivity index (χ2n) is 3.82. The molecule has 17 heavy (non-hydrogen) atoms. The number of aromatic nitrogens is 1. The molecule has 0 aliphatic rings. The summed E-state index contributed by atoms with van der Waals surface area (Å²) < 4.78 is 0. The van der Waals surface area contributed by atoms with Gasteiger partial charge in [0.05, 0.1) is 11.0 Å². The highest BCUT2D eigenvalue weighted by atomic mass is 16.6. The van der Waals surface area contributed by atoms with Crippen molar-refractivity contribution in [1.29, 1.82) is 0 Å². The van der Waals surface area contributed by atoms with Gasteiger partial charge in [-0.15, -0.1) is 0 Å². The largest absolute Gasteiger partial charge is 0.396 e. The predicted molar refractivity (Wildman–Crippen MR) is 64.9 cm³/mol. The minimum absolute atomic E-state index is 0.0257. The Labute approximate surface area is 99.8 Å². The van der Waals surface area contributed by atoms with Crippen LogP contribution >= 0.6 is 0 Å². The standard InChI is InChI=1S/C11H17N3O3/c1-2-9(4-6-15)8-13-11-7-10(14(16)17)3-5-12-11/h3,5,7,9,15H,2,4,6,8H2,1H3,(H,12,13). The molecule has 1 aromatic heterocycles. The lowest BCUT2D eigenvalue weighted by Gasteiger charge is -2.14. The first kappa shape index (κ1) is 13.4. The fraction of sp³-hybridized carbons (Fsp3) is 0.545. The molecule has 0 aliphatic carbocycles. The molecule has 0 amide bonds. The molecule has 6 nitrogen and oxygen atoms in total. The maximum absolute atomic E-state index is 10.6. The molecule has 0 aromatic carbocycles. The highest BCUT2D eigenvalue weighted by Crippen LogP contribution is 2.15. The third-order valence-corrected chi connectivity index (χ3v) is 2.64. The number of nitrogens with one attached hydrogen (secondary N) is 1. The van der Waals surface area contributed by atoms with Crippen LogP contribution in [-0.4, -0.2) is 28.2 Å². The van der Waals surface area contributed by atoms with Gasteiger partial charge in [-0.1, -0.05) is 13.3 Å². The van der Waals surface area contributed by atoms with Crippen LogP contribution in [-0.2, 0) is 0 Å². The molecule has 0 saturated carbocycles. The number of pyridine rings is 1. The molecule has 1 unspecified atom stereocenters. The first-order chi connectivity index (χ1) is 8.17. The zero-order chi connectivity index (χ0) is 12.7. The lowest BCUT2D eigenvalue weighted by atomic mass is 10.0. The predicted octanol–water partition coefficient (Wildman–Crippen LogP) is 1.81. The van der Waals surface area contributed by atoms with E-state index in [0.29, 0.717) is 18.3 Å². The van der Waals surface area contributed by atoms with Crippen molar-refractivity contribution in [3.63, 3.8) is 0 Å². The number of rotatable bonds is 7. The monoisotopic (exact) mass is 239 g/mol. The number of nitrogens with zero attached hydrogens (tertiary/aromatic N) is 2. The van der Waals surface area contributed by atoms with E-state index in [4.69, 9.17) is 5.11 Å². The van der Waals surface area contributed by atoms with Crippen molar-refractivity contribution < 1.29 is 10.0 Å². The summed E-state index contributed by atoms with van der Waals surface area (Å²) in [5, 5.41) is 22.5. The van der Waals surface area contributed by atoms with Gasteiger partial charge < -0.3 is 10.4 Å². The maximum Gasteiger partial charge on any atom is 0.274 e. The Morgan fingerprint density at radius 2 is 2.41 bits per heavy atom. The first-order valence-electron chi connectivity index (χ1n) is 5.62. The smallest absolute Gasteiger partial charge is 0.274 e. The van der Waals surface area contributed by atoms with Crippen LogP contribution in [0, 0.1) is 16.0 Å².